The minimum atomic E-state index is -4.50. The van der Waals surface area contributed by atoms with E-state index >= 15 is 0 Å². The van der Waals surface area contributed by atoms with Crippen LogP contribution in [-0.2, 0) is 6.54 Å². The van der Waals surface area contributed by atoms with E-state index in [1.165, 1.54) is 6.07 Å². The van der Waals surface area contributed by atoms with Crippen molar-refractivity contribution in [1.29, 1.82) is 5.26 Å². The monoisotopic (exact) mass is 233 g/mol. The van der Waals surface area contributed by atoms with Crippen molar-refractivity contribution >= 4 is 0 Å². The number of hydrogen-bond acceptors (Lipinski definition) is 4. The van der Waals surface area contributed by atoms with Crippen LogP contribution in [0.25, 0.3) is 0 Å². The number of nitrogens with one attached hydrogen (secondary N) is 1. The van der Waals surface area contributed by atoms with E-state index in [-0.39, 0.29) is 6.54 Å². The Balaban J connectivity index is 2.38. The standard InChI is InChI=1S/C9H10F3N3O/c1-6-2-8(15-16-6)5-14-4-7(3-13)9(10,11)12/h2,7,14H,4-5H2,1H3. The molecule has 1 atom stereocenters. The van der Waals surface area contributed by atoms with E-state index in [1.54, 1.807) is 13.0 Å². The van der Waals surface area contributed by atoms with Crippen molar-refractivity contribution in [3.63, 3.8) is 0 Å². The highest BCUT2D eigenvalue weighted by atomic mass is 19.4. The van der Waals surface area contributed by atoms with Gasteiger partial charge >= 0.3 is 6.18 Å². The lowest BCUT2D eigenvalue weighted by Gasteiger charge is -2.12. The third-order valence-corrected chi connectivity index (χ3v) is 1.88. The van der Waals surface area contributed by atoms with Crippen molar-refractivity contribution in [2.45, 2.75) is 19.6 Å². The number of nitriles is 1. The van der Waals surface area contributed by atoms with Crippen LogP contribution in [0.4, 0.5) is 13.2 Å². The molecule has 1 N–H and O–H groups in total. The first-order chi connectivity index (χ1) is 7.43. The number of nitrogens with zero attached hydrogens (tertiary/aromatic N) is 2. The maximum Gasteiger partial charge on any atom is 0.405 e. The number of aromatic nitrogens is 1. The summed E-state index contributed by atoms with van der Waals surface area (Å²) < 4.78 is 41.2. The molecule has 0 amide bonds. The van der Waals surface area contributed by atoms with E-state index < -0.39 is 18.6 Å². The zero-order valence-electron chi connectivity index (χ0n) is 8.51. The van der Waals surface area contributed by atoms with Gasteiger partial charge in [0.25, 0.3) is 0 Å². The van der Waals surface area contributed by atoms with E-state index in [0.29, 0.717) is 11.5 Å². The number of hydrogen-bond donors (Lipinski definition) is 1. The Hall–Kier alpha value is -1.55. The Morgan fingerprint density at radius 3 is 2.75 bits per heavy atom. The highest BCUT2D eigenvalue weighted by Crippen LogP contribution is 2.24. The van der Waals surface area contributed by atoms with Gasteiger partial charge in [-0.1, -0.05) is 5.16 Å². The van der Waals surface area contributed by atoms with Gasteiger partial charge in [0.05, 0.1) is 11.8 Å². The van der Waals surface area contributed by atoms with Gasteiger partial charge in [-0.15, -0.1) is 0 Å². The second kappa shape index (κ2) is 4.99. The predicted molar refractivity (Wildman–Crippen MR) is 48.1 cm³/mol. The summed E-state index contributed by atoms with van der Waals surface area (Å²) >= 11 is 0. The molecular formula is C9H10F3N3O. The molecule has 0 radical (unpaired) electrons. The van der Waals surface area contributed by atoms with Crippen molar-refractivity contribution in [3.05, 3.63) is 17.5 Å². The molecule has 0 aliphatic carbocycles. The van der Waals surface area contributed by atoms with Crippen LogP contribution in [0.15, 0.2) is 10.6 Å². The van der Waals surface area contributed by atoms with Gasteiger partial charge in [0.1, 0.15) is 5.76 Å². The van der Waals surface area contributed by atoms with Gasteiger partial charge < -0.3 is 9.84 Å². The van der Waals surface area contributed by atoms with E-state index in [2.05, 4.69) is 10.5 Å². The Labute approximate surface area is 90.0 Å². The first kappa shape index (κ1) is 12.5. The Bertz CT molecular complexity index is 380. The number of rotatable bonds is 4. The van der Waals surface area contributed by atoms with E-state index in [4.69, 9.17) is 9.78 Å². The molecule has 0 aliphatic heterocycles. The van der Waals surface area contributed by atoms with Crippen molar-refractivity contribution < 1.29 is 17.7 Å². The zero-order chi connectivity index (χ0) is 12.2. The second-order valence-corrected chi connectivity index (χ2v) is 3.28. The average molecular weight is 233 g/mol. The fourth-order valence-corrected chi connectivity index (χ4v) is 1.08. The normalized spacial score (nSPS) is 13.4. The van der Waals surface area contributed by atoms with Crippen LogP contribution >= 0.6 is 0 Å². The first-order valence-corrected chi connectivity index (χ1v) is 4.52. The molecule has 1 unspecified atom stereocenters. The van der Waals surface area contributed by atoms with Crippen molar-refractivity contribution in [1.82, 2.24) is 10.5 Å². The molecule has 0 saturated carbocycles. The highest BCUT2D eigenvalue weighted by molar-refractivity contribution is 5.03. The molecule has 0 aromatic carbocycles. The fraction of sp³-hybridized carbons (Fsp3) is 0.556. The van der Waals surface area contributed by atoms with E-state index in [1.807, 2.05) is 0 Å². The molecule has 4 nitrogen and oxygen atoms in total. The second-order valence-electron chi connectivity index (χ2n) is 3.28. The van der Waals surface area contributed by atoms with Gasteiger partial charge in [0.2, 0.25) is 0 Å². The molecule has 0 saturated heterocycles. The minimum absolute atomic E-state index is 0.144. The molecule has 1 aromatic rings. The molecule has 1 rings (SSSR count). The quantitative estimate of drug-likeness (QED) is 0.860. The largest absolute Gasteiger partial charge is 0.405 e. The van der Waals surface area contributed by atoms with Crippen LogP contribution in [0, 0.1) is 24.2 Å². The molecule has 0 fully saturated rings. The van der Waals surface area contributed by atoms with Crippen molar-refractivity contribution in [2.24, 2.45) is 5.92 Å². The van der Waals surface area contributed by atoms with Gasteiger partial charge in [-0.05, 0) is 6.92 Å². The van der Waals surface area contributed by atoms with Crippen LogP contribution < -0.4 is 5.32 Å². The summed E-state index contributed by atoms with van der Waals surface area (Å²) in [4.78, 5) is 0. The zero-order valence-corrected chi connectivity index (χ0v) is 8.51. The van der Waals surface area contributed by atoms with Crippen molar-refractivity contribution in [3.8, 4) is 6.07 Å². The van der Waals surface area contributed by atoms with Gasteiger partial charge in [0.15, 0.2) is 5.92 Å². The Morgan fingerprint density at radius 1 is 1.62 bits per heavy atom. The van der Waals surface area contributed by atoms with Gasteiger partial charge in [0, 0.05) is 19.2 Å². The molecule has 7 heteroatoms. The van der Waals surface area contributed by atoms with Crippen LogP contribution in [0.5, 0.6) is 0 Å². The number of halogens is 3. The summed E-state index contributed by atoms with van der Waals surface area (Å²) in [7, 11) is 0. The van der Waals surface area contributed by atoms with Gasteiger partial charge in [-0.3, -0.25) is 0 Å². The first-order valence-electron chi connectivity index (χ1n) is 4.52. The number of alkyl halides is 3. The summed E-state index contributed by atoms with van der Waals surface area (Å²) in [6.07, 6.45) is -4.50. The Morgan fingerprint density at radius 2 is 2.31 bits per heavy atom. The lowest BCUT2D eigenvalue weighted by molar-refractivity contribution is -0.157. The third-order valence-electron chi connectivity index (χ3n) is 1.88. The molecule has 16 heavy (non-hydrogen) atoms. The maximum atomic E-state index is 12.2. The van der Waals surface area contributed by atoms with Crippen LogP contribution in [0.1, 0.15) is 11.5 Å². The Kier molecular flexibility index (Phi) is 3.90. The highest BCUT2D eigenvalue weighted by Gasteiger charge is 2.39. The summed E-state index contributed by atoms with van der Waals surface area (Å²) in [6, 6.07) is 2.82. The van der Waals surface area contributed by atoms with Gasteiger partial charge in [-0.25, -0.2) is 0 Å². The van der Waals surface area contributed by atoms with E-state index in [0.717, 1.165) is 0 Å². The molecule has 1 aromatic heterocycles. The summed E-state index contributed by atoms with van der Waals surface area (Å²) in [5.74, 6) is -1.41. The molecule has 0 bridgehead atoms. The summed E-state index contributed by atoms with van der Waals surface area (Å²) in [5.41, 5.74) is 0.511. The molecular weight excluding hydrogens is 223 g/mol. The molecule has 1 heterocycles. The lowest BCUT2D eigenvalue weighted by Crippen LogP contribution is -2.32. The van der Waals surface area contributed by atoms with Gasteiger partial charge in [-0.2, -0.15) is 18.4 Å². The van der Waals surface area contributed by atoms with Crippen molar-refractivity contribution in [2.75, 3.05) is 6.54 Å². The molecule has 0 spiro atoms. The summed E-state index contributed by atoms with van der Waals surface area (Å²) in [5, 5.41) is 14.4. The van der Waals surface area contributed by atoms with Crippen LogP contribution in [0.2, 0.25) is 0 Å². The average Bonchev–Trinajstić information content (AvgIpc) is 2.57. The number of aryl methyl sites for hydroxylation is 1. The van der Waals surface area contributed by atoms with Crippen LogP contribution in [0.3, 0.4) is 0 Å². The molecule has 88 valence electrons. The molecule has 0 aliphatic rings. The van der Waals surface area contributed by atoms with Crippen LogP contribution in [-0.4, -0.2) is 17.9 Å². The van der Waals surface area contributed by atoms with E-state index in [9.17, 15) is 13.2 Å². The fourth-order valence-electron chi connectivity index (χ4n) is 1.08. The minimum Gasteiger partial charge on any atom is -0.361 e. The summed E-state index contributed by atoms with van der Waals surface area (Å²) in [6.45, 7) is 1.38. The predicted octanol–water partition coefficient (Wildman–Crippen LogP) is 1.77. The smallest absolute Gasteiger partial charge is 0.361 e. The third kappa shape index (κ3) is 3.55. The lowest BCUT2D eigenvalue weighted by atomic mass is 10.1. The topological polar surface area (TPSA) is 61.9 Å². The SMILES string of the molecule is Cc1cc(CNCC(C#N)C(F)(F)F)no1. The maximum absolute atomic E-state index is 12.2.